The Labute approximate surface area is 303 Å². The van der Waals surface area contributed by atoms with Gasteiger partial charge in [0, 0.05) is 24.3 Å². The zero-order chi connectivity index (χ0) is 37.6. The summed E-state index contributed by atoms with van der Waals surface area (Å²) in [5.41, 5.74) is 2.20. The number of nitrogens with one attached hydrogen (secondary N) is 3. The number of ether oxygens (including phenoxy) is 2. The molecule has 14 nitrogen and oxygen atoms in total. The van der Waals surface area contributed by atoms with Gasteiger partial charge in [-0.2, -0.15) is 4.98 Å². The van der Waals surface area contributed by atoms with Gasteiger partial charge in [0.2, 0.25) is 11.9 Å². The van der Waals surface area contributed by atoms with Gasteiger partial charge in [0.25, 0.3) is 5.91 Å². The molecule has 2 heterocycles. The van der Waals surface area contributed by atoms with Crippen LogP contribution in [0, 0.1) is 0 Å². The van der Waals surface area contributed by atoms with Crippen molar-refractivity contribution in [3.8, 4) is 5.75 Å². The Kier molecular flexibility index (Phi) is 11.7. The summed E-state index contributed by atoms with van der Waals surface area (Å²) >= 11 is 0. The van der Waals surface area contributed by atoms with Crippen molar-refractivity contribution in [3.05, 3.63) is 65.9 Å². The summed E-state index contributed by atoms with van der Waals surface area (Å²) in [5, 5.41) is 18.0. The number of amides is 3. The lowest BCUT2D eigenvalue weighted by atomic mass is 10.0. The first-order valence-corrected chi connectivity index (χ1v) is 17.5. The van der Waals surface area contributed by atoms with Crippen LogP contribution in [0.4, 0.5) is 33.6 Å². The summed E-state index contributed by atoms with van der Waals surface area (Å²) in [5.74, 6) is 0.0228. The molecule has 0 bridgehead atoms. The second-order valence-corrected chi connectivity index (χ2v) is 13.9. The van der Waals surface area contributed by atoms with E-state index in [0.717, 1.165) is 37.1 Å². The number of carboxylic acid groups (broad SMARTS) is 1. The molecule has 3 aromatic rings. The molecule has 2 atom stereocenters. The van der Waals surface area contributed by atoms with Gasteiger partial charge in [0.1, 0.15) is 29.1 Å². The van der Waals surface area contributed by atoms with E-state index in [2.05, 4.69) is 25.8 Å². The summed E-state index contributed by atoms with van der Waals surface area (Å²) in [4.78, 5) is 63.3. The van der Waals surface area contributed by atoms with E-state index in [9.17, 15) is 24.3 Å². The summed E-state index contributed by atoms with van der Waals surface area (Å²) in [7, 11) is 3.28. The predicted molar refractivity (Wildman–Crippen MR) is 199 cm³/mol. The fourth-order valence-electron chi connectivity index (χ4n) is 6.39. The minimum absolute atomic E-state index is 0.0479. The molecule has 1 fully saturated rings. The standard InChI is InChI=1S/C38H47N7O7/c1-7-29-34(47)44(5)30-22-39-36(43-32(30)45(29)26-12-8-9-13-26)41-27-20-17-24(21-31(27)51-6)33(46)40-25-18-15-23(16-19-25)11-10-14-28(35(48)49)42-37(50)52-38(2,3)4/h10-11,15-22,26,28-29H,7-9,12-14H2,1-6H3,(H,40,46)(H,42,50)(H,48,49)(H,39,41,43)/b11-10+/t28-,29+/m0/s1. The van der Waals surface area contributed by atoms with Crippen LogP contribution in [-0.2, 0) is 14.3 Å². The van der Waals surface area contributed by atoms with Gasteiger partial charge < -0.3 is 40.3 Å². The number of rotatable bonds is 12. The van der Waals surface area contributed by atoms with Crippen molar-refractivity contribution < 1.29 is 33.8 Å². The zero-order valence-electron chi connectivity index (χ0n) is 30.4. The van der Waals surface area contributed by atoms with Crippen LogP contribution in [0.3, 0.4) is 0 Å². The Bertz CT molecular complexity index is 1820. The van der Waals surface area contributed by atoms with Crippen LogP contribution in [0.25, 0.3) is 6.08 Å². The van der Waals surface area contributed by atoms with Crippen LogP contribution in [0.15, 0.2) is 54.7 Å². The number of fused-ring (bicyclic) bond motifs is 1. The van der Waals surface area contributed by atoms with E-state index in [1.165, 1.54) is 7.11 Å². The summed E-state index contributed by atoms with van der Waals surface area (Å²) in [6, 6.07) is 10.9. The van der Waals surface area contributed by atoms with E-state index < -0.39 is 23.7 Å². The fourth-order valence-corrected chi connectivity index (χ4v) is 6.39. The highest BCUT2D eigenvalue weighted by Gasteiger charge is 2.41. The predicted octanol–water partition coefficient (Wildman–Crippen LogP) is 6.37. The quantitative estimate of drug-likeness (QED) is 0.164. The molecule has 1 aliphatic heterocycles. The fraction of sp³-hybridized carbons (Fsp3) is 0.421. The number of hydrogen-bond acceptors (Lipinski definition) is 10. The molecule has 5 rings (SSSR count). The number of likely N-dealkylation sites (N-methyl/N-ethyl adjacent to an activating group) is 1. The van der Waals surface area contributed by atoms with Crippen molar-refractivity contribution in [1.82, 2.24) is 15.3 Å². The highest BCUT2D eigenvalue weighted by Crippen LogP contribution is 2.40. The van der Waals surface area contributed by atoms with Crippen LogP contribution in [0.2, 0.25) is 0 Å². The lowest BCUT2D eigenvalue weighted by Gasteiger charge is -2.43. The third kappa shape index (κ3) is 8.97. The molecule has 4 N–H and O–H groups in total. The monoisotopic (exact) mass is 713 g/mol. The van der Waals surface area contributed by atoms with Crippen molar-refractivity contribution >= 4 is 58.8 Å². The Balaban J connectivity index is 1.23. The van der Waals surface area contributed by atoms with Gasteiger partial charge in [-0.1, -0.05) is 44.1 Å². The van der Waals surface area contributed by atoms with Crippen molar-refractivity contribution in [2.24, 2.45) is 0 Å². The number of nitrogens with zero attached hydrogens (tertiary/aromatic N) is 4. The summed E-state index contributed by atoms with van der Waals surface area (Å²) < 4.78 is 10.8. The van der Waals surface area contributed by atoms with Gasteiger partial charge in [0.05, 0.1) is 19.0 Å². The third-order valence-corrected chi connectivity index (χ3v) is 8.96. The number of carboxylic acids is 1. The number of benzene rings is 2. The molecule has 52 heavy (non-hydrogen) atoms. The maximum Gasteiger partial charge on any atom is 0.408 e. The number of carbonyl (C=O) groups is 4. The molecule has 0 radical (unpaired) electrons. The zero-order valence-corrected chi connectivity index (χ0v) is 30.4. The lowest BCUT2D eigenvalue weighted by molar-refractivity contribution is -0.139. The maximum atomic E-state index is 13.2. The molecule has 0 spiro atoms. The van der Waals surface area contributed by atoms with Crippen LogP contribution in [0.5, 0.6) is 5.75 Å². The Morgan fingerprint density at radius 1 is 1.10 bits per heavy atom. The first-order valence-electron chi connectivity index (χ1n) is 17.5. The number of aromatic nitrogens is 2. The minimum Gasteiger partial charge on any atom is -0.495 e. The van der Waals surface area contributed by atoms with Crippen molar-refractivity contribution in [3.63, 3.8) is 0 Å². The average molecular weight is 714 g/mol. The van der Waals surface area contributed by atoms with Gasteiger partial charge >= 0.3 is 12.1 Å². The highest BCUT2D eigenvalue weighted by molar-refractivity contribution is 6.05. The SMILES string of the molecule is CC[C@@H]1C(=O)N(C)c2cnc(Nc3ccc(C(=O)Nc4ccc(/C=C/C[C@H](NC(=O)OC(C)(C)C)C(=O)O)cc4)cc3OC)nc2N1C1CCCC1. The molecule has 0 unspecified atom stereocenters. The van der Waals surface area contributed by atoms with Gasteiger partial charge in [-0.25, -0.2) is 14.6 Å². The minimum atomic E-state index is -1.18. The van der Waals surface area contributed by atoms with E-state index in [4.69, 9.17) is 14.5 Å². The Morgan fingerprint density at radius 2 is 1.81 bits per heavy atom. The van der Waals surface area contributed by atoms with E-state index >= 15 is 0 Å². The van der Waals surface area contributed by atoms with Crippen LogP contribution in [-0.4, -0.2) is 76.8 Å². The molecule has 14 heteroatoms. The first-order chi connectivity index (χ1) is 24.8. The third-order valence-electron chi connectivity index (χ3n) is 8.96. The largest absolute Gasteiger partial charge is 0.495 e. The van der Waals surface area contributed by atoms with E-state index in [-0.39, 0.29) is 30.3 Å². The molecule has 1 aliphatic carbocycles. The molecule has 0 saturated heterocycles. The summed E-state index contributed by atoms with van der Waals surface area (Å²) in [6.45, 7) is 7.11. The van der Waals surface area contributed by atoms with E-state index in [1.54, 1.807) is 93.5 Å². The van der Waals surface area contributed by atoms with Crippen LogP contribution < -0.4 is 30.5 Å². The number of hydrogen-bond donors (Lipinski definition) is 4. The van der Waals surface area contributed by atoms with Gasteiger partial charge in [0.15, 0.2) is 5.82 Å². The number of anilines is 5. The molecule has 276 valence electrons. The molecular formula is C38H47N7O7. The van der Waals surface area contributed by atoms with Crippen molar-refractivity contribution in [1.29, 1.82) is 0 Å². The molecule has 2 aliphatic rings. The molecule has 1 aromatic heterocycles. The van der Waals surface area contributed by atoms with Crippen LogP contribution in [0.1, 0.15) is 82.1 Å². The Hall–Kier alpha value is -5.66. The van der Waals surface area contributed by atoms with Crippen molar-refractivity contribution in [2.75, 3.05) is 34.6 Å². The lowest BCUT2D eigenvalue weighted by Crippen LogP contribution is -2.55. The maximum absolute atomic E-state index is 13.2. The molecule has 3 amide bonds. The first kappa shape index (κ1) is 37.6. The second kappa shape index (κ2) is 16.1. The smallest absolute Gasteiger partial charge is 0.408 e. The second-order valence-electron chi connectivity index (χ2n) is 13.9. The van der Waals surface area contributed by atoms with Gasteiger partial charge in [-0.15, -0.1) is 0 Å². The molecule has 2 aromatic carbocycles. The Morgan fingerprint density at radius 3 is 2.44 bits per heavy atom. The normalized spacial score (nSPS) is 16.7. The number of aliphatic carboxylic acids is 1. The number of carbonyl (C=O) groups excluding carboxylic acids is 3. The van der Waals surface area contributed by atoms with Gasteiger partial charge in [-0.05, 0) is 82.3 Å². The van der Waals surface area contributed by atoms with Crippen molar-refractivity contribution in [2.45, 2.75) is 89.9 Å². The molecule has 1 saturated carbocycles. The van der Waals surface area contributed by atoms with Crippen LogP contribution >= 0.6 is 0 Å². The van der Waals surface area contributed by atoms with Gasteiger partial charge in [-0.3, -0.25) is 9.59 Å². The topological polar surface area (TPSA) is 175 Å². The number of alkyl carbamates (subject to hydrolysis) is 1. The van der Waals surface area contributed by atoms with E-state index in [1.807, 2.05) is 6.92 Å². The molecular weight excluding hydrogens is 666 g/mol. The number of methoxy groups -OCH3 is 1. The van der Waals surface area contributed by atoms with E-state index in [0.29, 0.717) is 40.7 Å². The highest BCUT2D eigenvalue weighted by atomic mass is 16.6. The summed E-state index contributed by atoms with van der Waals surface area (Å²) in [6.07, 6.45) is 9.26. The average Bonchev–Trinajstić information content (AvgIpc) is 3.64.